The second-order valence-corrected chi connectivity index (χ2v) is 9.79. The summed E-state index contributed by atoms with van der Waals surface area (Å²) in [6.07, 6.45) is 1.96. The Morgan fingerprint density at radius 2 is 1.74 bits per heavy atom. The van der Waals surface area contributed by atoms with E-state index in [0.29, 0.717) is 59.0 Å². The van der Waals surface area contributed by atoms with Gasteiger partial charge in [-0.25, -0.2) is 4.79 Å². The summed E-state index contributed by atoms with van der Waals surface area (Å²) in [5, 5.41) is 17.4. The van der Waals surface area contributed by atoms with Gasteiger partial charge in [-0.05, 0) is 61.6 Å². The maximum absolute atomic E-state index is 13.2. The molecule has 222 valence electrons. The molecule has 0 aromatic heterocycles. The lowest BCUT2D eigenvalue weighted by molar-refractivity contribution is -0.111. The fraction of sp³-hybridized carbons (Fsp3) is 0.212. The molecule has 0 saturated carbocycles. The Kier molecular flexibility index (Phi) is 9.28. The summed E-state index contributed by atoms with van der Waals surface area (Å²) < 4.78 is 22.9. The summed E-state index contributed by atoms with van der Waals surface area (Å²) in [5.41, 5.74) is 8.07. The summed E-state index contributed by atoms with van der Waals surface area (Å²) in [6.45, 7) is 2.34. The number of allylic oxidation sites excluding steroid dienone is 1. The van der Waals surface area contributed by atoms with Gasteiger partial charge in [0.15, 0.2) is 17.6 Å². The smallest absolute Gasteiger partial charge is 0.412 e. The monoisotopic (exact) mass is 583 g/mol. The molecule has 10 heteroatoms. The van der Waals surface area contributed by atoms with E-state index in [1.54, 1.807) is 66.7 Å². The molecule has 1 aliphatic heterocycles. The first-order valence-corrected chi connectivity index (χ1v) is 13.9. The molecule has 4 aromatic rings. The van der Waals surface area contributed by atoms with Gasteiger partial charge in [-0.15, -0.1) is 0 Å². The first kappa shape index (κ1) is 29.3. The largest absolute Gasteiger partial charge is 0.507 e. The van der Waals surface area contributed by atoms with E-state index < -0.39 is 18.3 Å². The second kappa shape index (κ2) is 13.6. The van der Waals surface area contributed by atoms with E-state index >= 15 is 0 Å². The van der Waals surface area contributed by atoms with Gasteiger partial charge in [-0.3, -0.25) is 10.1 Å². The number of hydrogen-bond acceptors (Lipinski definition) is 8. The minimum atomic E-state index is -0.842. The number of aromatic hydroxyl groups is 1. The van der Waals surface area contributed by atoms with Crippen LogP contribution >= 0.6 is 0 Å². The zero-order valence-electron chi connectivity index (χ0n) is 23.6. The van der Waals surface area contributed by atoms with Crippen molar-refractivity contribution in [2.24, 2.45) is 0 Å². The molecule has 0 bridgehead atoms. The maximum Gasteiger partial charge on any atom is 0.412 e. The number of rotatable bonds is 11. The molecule has 5 rings (SSSR count). The Hall–Kier alpha value is -5.22. The minimum Gasteiger partial charge on any atom is -0.507 e. The van der Waals surface area contributed by atoms with Gasteiger partial charge in [-0.2, -0.15) is 0 Å². The number of amides is 2. The van der Waals surface area contributed by atoms with Crippen LogP contribution in [0.5, 0.6) is 17.2 Å². The molecule has 2 amide bonds. The van der Waals surface area contributed by atoms with Crippen LogP contribution in [0.15, 0.2) is 91.0 Å². The molecule has 0 saturated heterocycles. The number of benzene rings is 4. The molecule has 5 N–H and O–H groups in total. The molecule has 10 nitrogen and oxygen atoms in total. The van der Waals surface area contributed by atoms with Crippen molar-refractivity contribution < 1.29 is 33.6 Å². The van der Waals surface area contributed by atoms with E-state index in [1.807, 2.05) is 25.1 Å². The molecule has 0 fully saturated rings. The zero-order chi connectivity index (χ0) is 30.2. The van der Waals surface area contributed by atoms with Crippen LogP contribution in [0.4, 0.5) is 21.9 Å². The van der Waals surface area contributed by atoms with E-state index in [1.165, 1.54) is 6.08 Å². The Morgan fingerprint density at radius 3 is 2.56 bits per heavy atom. The van der Waals surface area contributed by atoms with Crippen molar-refractivity contribution in [3.05, 3.63) is 96.6 Å². The molecular formula is C33H33N3O7. The molecule has 0 unspecified atom stereocenters. The van der Waals surface area contributed by atoms with Crippen LogP contribution in [0.2, 0.25) is 0 Å². The summed E-state index contributed by atoms with van der Waals surface area (Å²) >= 11 is 0. The Morgan fingerprint density at radius 1 is 0.977 bits per heavy atom. The van der Waals surface area contributed by atoms with Crippen LogP contribution in [0, 0.1) is 0 Å². The highest BCUT2D eigenvalue weighted by atomic mass is 16.7. The molecule has 0 aliphatic carbocycles. The van der Waals surface area contributed by atoms with E-state index in [9.17, 15) is 14.7 Å². The Labute approximate surface area is 249 Å². The topological polar surface area (TPSA) is 141 Å². The quantitative estimate of drug-likeness (QED) is 0.115. The highest BCUT2D eigenvalue weighted by Gasteiger charge is 2.29. The van der Waals surface area contributed by atoms with Crippen LogP contribution in [0.3, 0.4) is 0 Å². The molecule has 1 aliphatic rings. The van der Waals surface area contributed by atoms with Crippen LogP contribution in [0.1, 0.15) is 31.4 Å². The fourth-order valence-electron chi connectivity index (χ4n) is 4.90. The lowest BCUT2D eigenvalue weighted by Crippen LogP contribution is -2.29. The van der Waals surface area contributed by atoms with Gasteiger partial charge in [0.05, 0.1) is 17.5 Å². The van der Waals surface area contributed by atoms with Crippen molar-refractivity contribution in [2.75, 3.05) is 29.8 Å². The molecule has 2 atom stereocenters. The lowest BCUT2D eigenvalue weighted by Gasteiger charge is -2.28. The van der Waals surface area contributed by atoms with E-state index in [2.05, 4.69) is 10.6 Å². The molecule has 0 radical (unpaired) electrons. The van der Waals surface area contributed by atoms with Crippen molar-refractivity contribution in [3.63, 3.8) is 0 Å². The first-order chi connectivity index (χ1) is 20.9. The van der Waals surface area contributed by atoms with Gasteiger partial charge in [0.25, 0.3) is 0 Å². The normalized spacial score (nSPS) is 13.5. The van der Waals surface area contributed by atoms with Gasteiger partial charge in [0.1, 0.15) is 5.75 Å². The predicted octanol–water partition coefficient (Wildman–Crippen LogP) is 6.53. The number of nitrogens with two attached hydrogens (primary N) is 1. The van der Waals surface area contributed by atoms with Gasteiger partial charge in [-0.1, -0.05) is 48.5 Å². The highest BCUT2D eigenvalue weighted by molar-refractivity contribution is 6.01. The van der Waals surface area contributed by atoms with Gasteiger partial charge in [0.2, 0.25) is 12.7 Å². The number of nitrogen functional groups attached to an aromatic ring is 1. The summed E-state index contributed by atoms with van der Waals surface area (Å²) in [6, 6.07) is 22.7. The average Bonchev–Trinajstić information content (AvgIpc) is 3.47. The number of anilines is 3. The number of phenols is 1. The van der Waals surface area contributed by atoms with E-state index in [4.69, 9.17) is 24.7 Å². The number of para-hydroxylation sites is 2. The zero-order valence-corrected chi connectivity index (χ0v) is 23.6. The van der Waals surface area contributed by atoms with Crippen molar-refractivity contribution in [1.29, 1.82) is 0 Å². The van der Waals surface area contributed by atoms with Crippen molar-refractivity contribution in [2.45, 2.75) is 32.0 Å². The maximum atomic E-state index is 13.2. The van der Waals surface area contributed by atoms with Gasteiger partial charge < -0.3 is 35.1 Å². The number of nitrogens with one attached hydrogen (secondary N) is 2. The number of phenolic OH excluding ortho intramolecular Hbond substituents is 1. The summed E-state index contributed by atoms with van der Waals surface area (Å²) in [5.74, 6) is 0.921. The fourth-order valence-corrected chi connectivity index (χ4v) is 4.90. The SMILES string of the molecule is CCO[C@@H](CC/C=C/C(=O)Nc1ccccc1N)[C@@H](OC(=O)Nc1ccc2c(c1)OCO2)c1ccc(O)c2ccccc12. The van der Waals surface area contributed by atoms with Crippen LogP contribution in [0.25, 0.3) is 10.8 Å². The van der Waals surface area contributed by atoms with Crippen molar-refractivity contribution >= 4 is 39.8 Å². The molecule has 1 heterocycles. The lowest BCUT2D eigenvalue weighted by atomic mass is 9.94. The standard InChI is InChI=1S/C33H33N3O7/c1-2-40-29(13-7-8-14-31(38)36-26-12-6-5-11-25(26)34)32(24-16-17-27(37)23-10-4-3-9-22(23)24)43-33(39)35-21-15-18-28-30(19-21)42-20-41-28/h3-6,8-12,14-19,29,32,37H,2,7,13,20,34H2,1H3,(H,35,39)(H,36,38)/b14-8+/t29-,32-/m0/s1. The number of hydrogen-bond donors (Lipinski definition) is 4. The Bertz CT molecular complexity index is 1640. The molecule has 4 aromatic carbocycles. The van der Waals surface area contributed by atoms with Crippen LogP contribution in [-0.2, 0) is 14.3 Å². The predicted molar refractivity (Wildman–Crippen MR) is 164 cm³/mol. The van der Waals surface area contributed by atoms with Gasteiger partial charge >= 0.3 is 6.09 Å². The number of carbonyl (C=O) groups is 2. The minimum absolute atomic E-state index is 0.115. The van der Waals surface area contributed by atoms with Gasteiger partial charge in [0, 0.05) is 29.3 Å². The first-order valence-electron chi connectivity index (χ1n) is 13.9. The third-order valence-electron chi connectivity index (χ3n) is 6.92. The number of ether oxygens (including phenoxy) is 4. The van der Waals surface area contributed by atoms with Crippen molar-refractivity contribution in [3.8, 4) is 17.2 Å². The molecule has 43 heavy (non-hydrogen) atoms. The molecule has 0 spiro atoms. The second-order valence-electron chi connectivity index (χ2n) is 9.79. The van der Waals surface area contributed by atoms with E-state index in [-0.39, 0.29) is 18.4 Å². The third-order valence-corrected chi connectivity index (χ3v) is 6.92. The van der Waals surface area contributed by atoms with Crippen LogP contribution < -0.4 is 25.8 Å². The summed E-state index contributed by atoms with van der Waals surface area (Å²) in [4.78, 5) is 25.7. The molecular weight excluding hydrogens is 550 g/mol. The third kappa shape index (κ3) is 7.17. The summed E-state index contributed by atoms with van der Waals surface area (Å²) in [7, 11) is 0. The number of carbonyl (C=O) groups excluding carboxylic acids is 2. The van der Waals surface area contributed by atoms with E-state index in [0.717, 1.165) is 5.39 Å². The Balaban J connectivity index is 1.35. The average molecular weight is 584 g/mol. The van der Waals surface area contributed by atoms with Crippen molar-refractivity contribution in [1.82, 2.24) is 0 Å². The highest BCUT2D eigenvalue weighted by Crippen LogP contribution is 2.37. The number of fused-ring (bicyclic) bond motifs is 2. The van der Waals surface area contributed by atoms with Crippen LogP contribution in [-0.4, -0.2) is 36.6 Å².